The molecule has 2 unspecified atom stereocenters. The van der Waals surface area contributed by atoms with E-state index < -0.39 is 0 Å². The Kier molecular flexibility index (Phi) is 4.20. The number of nitrogens with two attached hydrogens (primary N) is 1. The first-order chi connectivity index (χ1) is 9.42. The van der Waals surface area contributed by atoms with Crippen molar-refractivity contribution in [2.24, 2.45) is 11.7 Å². The van der Waals surface area contributed by atoms with Crippen LogP contribution in [0.1, 0.15) is 29.2 Å². The first kappa shape index (κ1) is 15.1. The lowest BCUT2D eigenvalue weighted by atomic mass is 9.93. The zero-order valence-electron chi connectivity index (χ0n) is 12.5. The molecule has 112 valence electrons. The van der Waals surface area contributed by atoms with Gasteiger partial charge in [0.1, 0.15) is 5.82 Å². The minimum Gasteiger partial charge on any atom is -0.504 e. The first-order valence-corrected chi connectivity index (χ1v) is 6.88. The van der Waals surface area contributed by atoms with Gasteiger partial charge >= 0.3 is 0 Å². The normalized spacial score (nSPS) is 23.3. The number of phenolic OH excluding ortho intramolecular Hbond substituents is 1. The van der Waals surface area contributed by atoms with Gasteiger partial charge < -0.3 is 15.6 Å². The van der Waals surface area contributed by atoms with Crippen LogP contribution in [0.2, 0.25) is 0 Å². The summed E-state index contributed by atoms with van der Waals surface area (Å²) in [6, 6.07) is -0.0208. The van der Waals surface area contributed by atoms with Crippen molar-refractivity contribution >= 4 is 0 Å². The van der Waals surface area contributed by atoms with E-state index in [-0.39, 0.29) is 23.4 Å². The van der Waals surface area contributed by atoms with Crippen LogP contribution in [0.4, 0.5) is 4.39 Å². The summed E-state index contributed by atoms with van der Waals surface area (Å²) in [5.74, 6) is 0.351. The molecule has 1 heterocycles. The van der Waals surface area contributed by atoms with Crippen LogP contribution in [0.5, 0.6) is 11.5 Å². The van der Waals surface area contributed by atoms with Gasteiger partial charge in [-0.25, -0.2) is 4.39 Å². The zero-order chi connectivity index (χ0) is 15.0. The number of hydrogen-bond acceptors (Lipinski definition) is 4. The van der Waals surface area contributed by atoms with E-state index in [9.17, 15) is 9.50 Å². The van der Waals surface area contributed by atoms with Crippen molar-refractivity contribution in [3.05, 3.63) is 22.5 Å². The Hall–Kier alpha value is -1.33. The summed E-state index contributed by atoms with van der Waals surface area (Å²) in [5, 5.41) is 10.5. The third kappa shape index (κ3) is 2.25. The summed E-state index contributed by atoms with van der Waals surface area (Å²) >= 11 is 0. The van der Waals surface area contributed by atoms with E-state index >= 15 is 0 Å². The van der Waals surface area contributed by atoms with Crippen molar-refractivity contribution in [2.75, 3.05) is 27.2 Å². The standard InChI is InChI=1S/C15H23FN2O2/c1-8-12(11-5-10(6-17)7-18(11)3)14(19)15(20-4)9(2)13(8)16/h10-11,19H,5-7,17H2,1-4H3. The Labute approximate surface area is 119 Å². The van der Waals surface area contributed by atoms with Gasteiger partial charge in [-0.3, -0.25) is 4.90 Å². The molecule has 1 fully saturated rings. The van der Waals surface area contributed by atoms with Crippen molar-refractivity contribution in [3.63, 3.8) is 0 Å². The van der Waals surface area contributed by atoms with Crippen molar-refractivity contribution in [2.45, 2.75) is 26.3 Å². The number of benzene rings is 1. The smallest absolute Gasteiger partial charge is 0.166 e. The second-order valence-corrected chi connectivity index (χ2v) is 5.65. The van der Waals surface area contributed by atoms with Crippen LogP contribution in [0.15, 0.2) is 0 Å². The highest BCUT2D eigenvalue weighted by molar-refractivity contribution is 5.56. The van der Waals surface area contributed by atoms with Gasteiger partial charge in [0.05, 0.1) is 7.11 Å². The van der Waals surface area contributed by atoms with Crippen LogP contribution >= 0.6 is 0 Å². The first-order valence-electron chi connectivity index (χ1n) is 6.88. The Morgan fingerprint density at radius 3 is 2.55 bits per heavy atom. The van der Waals surface area contributed by atoms with Gasteiger partial charge in [-0.05, 0) is 45.3 Å². The quantitative estimate of drug-likeness (QED) is 0.891. The number of halogens is 1. The predicted molar refractivity (Wildman–Crippen MR) is 76.6 cm³/mol. The van der Waals surface area contributed by atoms with Crippen LogP contribution in [-0.2, 0) is 0 Å². The lowest BCUT2D eigenvalue weighted by molar-refractivity contribution is 0.297. The van der Waals surface area contributed by atoms with Crippen molar-refractivity contribution in [1.82, 2.24) is 4.90 Å². The van der Waals surface area contributed by atoms with Gasteiger partial charge in [0.15, 0.2) is 11.5 Å². The molecule has 1 aliphatic heterocycles. The minimum absolute atomic E-state index is 0.0208. The van der Waals surface area contributed by atoms with Gasteiger partial charge in [0.25, 0.3) is 0 Å². The molecular weight excluding hydrogens is 259 g/mol. The van der Waals surface area contributed by atoms with E-state index in [1.165, 1.54) is 7.11 Å². The maximum atomic E-state index is 14.3. The maximum absolute atomic E-state index is 14.3. The summed E-state index contributed by atoms with van der Waals surface area (Å²) in [7, 11) is 3.42. The van der Waals surface area contributed by atoms with Crippen LogP contribution in [0.3, 0.4) is 0 Å². The molecule has 2 atom stereocenters. The fraction of sp³-hybridized carbons (Fsp3) is 0.600. The molecule has 5 heteroatoms. The molecule has 3 N–H and O–H groups in total. The molecule has 0 bridgehead atoms. The number of methoxy groups -OCH3 is 1. The topological polar surface area (TPSA) is 58.7 Å². The molecule has 0 saturated carbocycles. The molecule has 2 rings (SSSR count). The Bertz CT molecular complexity index is 519. The summed E-state index contributed by atoms with van der Waals surface area (Å²) in [5.41, 5.74) is 7.21. The SMILES string of the molecule is COc1c(C)c(F)c(C)c(C2CC(CN)CN2C)c1O. The van der Waals surface area contributed by atoms with E-state index in [0.29, 0.717) is 29.2 Å². The number of rotatable bonds is 3. The molecule has 0 spiro atoms. The summed E-state index contributed by atoms with van der Waals surface area (Å²) in [6.07, 6.45) is 0.826. The van der Waals surface area contributed by atoms with E-state index in [2.05, 4.69) is 4.90 Å². The highest BCUT2D eigenvalue weighted by Gasteiger charge is 2.34. The molecule has 0 radical (unpaired) electrons. The highest BCUT2D eigenvalue weighted by atomic mass is 19.1. The van der Waals surface area contributed by atoms with Crippen LogP contribution in [-0.4, -0.2) is 37.3 Å². The molecule has 0 aliphatic carbocycles. The molecule has 1 aliphatic rings. The van der Waals surface area contributed by atoms with E-state index in [1.54, 1.807) is 13.8 Å². The van der Waals surface area contributed by atoms with Crippen LogP contribution < -0.4 is 10.5 Å². The van der Waals surface area contributed by atoms with Crippen molar-refractivity contribution in [3.8, 4) is 11.5 Å². The number of ether oxygens (including phenoxy) is 1. The van der Waals surface area contributed by atoms with Crippen molar-refractivity contribution in [1.29, 1.82) is 0 Å². The summed E-state index contributed by atoms with van der Waals surface area (Å²) in [4.78, 5) is 2.12. The Morgan fingerprint density at radius 1 is 1.40 bits per heavy atom. The average molecular weight is 282 g/mol. The number of phenols is 1. The fourth-order valence-corrected chi connectivity index (χ4v) is 3.25. The molecule has 20 heavy (non-hydrogen) atoms. The largest absolute Gasteiger partial charge is 0.504 e. The van der Waals surface area contributed by atoms with Crippen LogP contribution in [0, 0.1) is 25.6 Å². The molecule has 0 aromatic heterocycles. The molecule has 0 amide bonds. The van der Waals surface area contributed by atoms with Gasteiger partial charge in [0.2, 0.25) is 0 Å². The Morgan fingerprint density at radius 2 is 2.05 bits per heavy atom. The molecular formula is C15H23FN2O2. The van der Waals surface area contributed by atoms with Gasteiger partial charge in [-0.1, -0.05) is 0 Å². The van der Waals surface area contributed by atoms with Gasteiger partial charge in [-0.2, -0.15) is 0 Å². The van der Waals surface area contributed by atoms with Crippen molar-refractivity contribution < 1.29 is 14.2 Å². The number of likely N-dealkylation sites (tertiary alicyclic amines) is 1. The van der Waals surface area contributed by atoms with E-state index in [1.807, 2.05) is 7.05 Å². The summed E-state index contributed by atoms with van der Waals surface area (Å²) in [6.45, 7) is 4.79. The Balaban J connectivity index is 2.54. The lowest BCUT2D eigenvalue weighted by Gasteiger charge is -2.25. The number of aromatic hydroxyl groups is 1. The lowest BCUT2D eigenvalue weighted by Crippen LogP contribution is -2.21. The average Bonchev–Trinajstić information content (AvgIpc) is 2.79. The van der Waals surface area contributed by atoms with Crippen LogP contribution in [0.25, 0.3) is 0 Å². The highest BCUT2D eigenvalue weighted by Crippen LogP contribution is 2.46. The van der Waals surface area contributed by atoms with Gasteiger partial charge in [-0.15, -0.1) is 0 Å². The molecule has 1 aromatic carbocycles. The zero-order valence-corrected chi connectivity index (χ0v) is 12.5. The maximum Gasteiger partial charge on any atom is 0.166 e. The summed E-state index contributed by atoms with van der Waals surface area (Å²) < 4.78 is 19.5. The molecule has 4 nitrogen and oxygen atoms in total. The predicted octanol–water partition coefficient (Wildman–Crippen LogP) is 2.11. The minimum atomic E-state index is -0.306. The molecule has 1 saturated heterocycles. The second-order valence-electron chi connectivity index (χ2n) is 5.65. The van der Waals surface area contributed by atoms with E-state index in [4.69, 9.17) is 10.5 Å². The third-order valence-electron chi connectivity index (χ3n) is 4.38. The number of nitrogens with zero attached hydrogens (tertiary/aromatic N) is 1. The number of hydrogen-bond donors (Lipinski definition) is 2. The molecule has 1 aromatic rings. The second kappa shape index (κ2) is 5.58. The van der Waals surface area contributed by atoms with Gasteiger partial charge in [0, 0.05) is 23.7 Å². The fourth-order valence-electron chi connectivity index (χ4n) is 3.25. The third-order valence-corrected chi connectivity index (χ3v) is 4.38. The van der Waals surface area contributed by atoms with E-state index in [0.717, 1.165) is 13.0 Å². The monoisotopic (exact) mass is 282 g/mol.